The van der Waals surface area contributed by atoms with Gasteiger partial charge < -0.3 is 40.3 Å². The zero-order chi connectivity index (χ0) is 31.4. The maximum absolute atomic E-state index is 14.1. The summed E-state index contributed by atoms with van der Waals surface area (Å²) >= 11 is 0. The van der Waals surface area contributed by atoms with E-state index in [9.17, 15) is 34.5 Å². The Morgan fingerprint density at radius 3 is 2.26 bits per heavy atom. The van der Waals surface area contributed by atoms with Gasteiger partial charge in [0.15, 0.2) is 0 Å². The molecule has 0 spiro atoms. The molecule has 0 aliphatic carbocycles. The lowest BCUT2D eigenvalue weighted by molar-refractivity contribution is -0.144. The number of phenols is 2. The van der Waals surface area contributed by atoms with Crippen molar-refractivity contribution >= 4 is 23.9 Å². The first-order chi connectivity index (χ1) is 19.7. The van der Waals surface area contributed by atoms with Crippen molar-refractivity contribution in [2.24, 2.45) is 0 Å². The van der Waals surface area contributed by atoms with Gasteiger partial charge in [-0.1, -0.05) is 18.2 Å². The molecular formula is C30H41N3O9. The number of esters is 1. The molecule has 3 amide bonds. The average molecular weight is 588 g/mol. The second-order valence-corrected chi connectivity index (χ2v) is 10.6. The molecular weight excluding hydrogens is 546 g/mol. The minimum atomic E-state index is -1.30. The lowest BCUT2D eigenvalue weighted by atomic mass is 9.98. The van der Waals surface area contributed by atoms with Crippen LogP contribution in [0.4, 0.5) is 4.79 Å². The number of aryl methyl sites for hydroxylation is 1. The van der Waals surface area contributed by atoms with E-state index in [4.69, 9.17) is 9.47 Å². The second kappa shape index (κ2) is 15.6. The van der Waals surface area contributed by atoms with Crippen LogP contribution < -0.4 is 10.6 Å². The highest BCUT2D eigenvalue weighted by atomic mass is 16.6. The fourth-order valence-corrected chi connectivity index (χ4v) is 4.13. The Balaban J connectivity index is 2.50. The summed E-state index contributed by atoms with van der Waals surface area (Å²) < 4.78 is 10.3. The zero-order valence-corrected chi connectivity index (χ0v) is 24.7. The molecule has 0 saturated carbocycles. The molecule has 0 bridgehead atoms. The van der Waals surface area contributed by atoms with E-state index >= 15 is 0 Å². The van der Waals surface area contributed by atoms with Crippen LogP contribution in [0.15, 0.2) is 42.5 Å². The van der Waals surface area contributed by atoms with Crippen LogP contribution in [0, 0.1) is 6.92 Å². The molecule has 5 N–H and O–H groups in total. The third-order valence-corrected chi connectivity index (χ3v) is 6.02. The molecule has 2 unspecified atom stereocenters. The second-order valence-electron chi connectivity index (χ2n) is 10.6. The molecule has 0 aliphatic rings. The van der Waals surface area contributed by atoms with Crippen molar-refractivity contribution < 1.29 is 44.0 Å². The van der Waals surface area contributed by atoms with Crippen molar-refractivity contribution in [3.63, 3.8) is 0 Å². The van der Waals surface area contributed by atoms with Gasteiger partial charge in [0.05, 0.1) is 19.6 Å². The van der Waals surface area contributed by atoms with Gasteiger partial charge in [0.1, 0.15) is 29.2 Å². The Morgan fingerprint density at radius 1 is 1.02 bits per heavy atom. The van der Waals surface area contributed by atoms with Gasteiger partial charge in [0.25, 0.3) is 0 Å². The molecule has 0 heterocycles. The molecule has 2 aromatic rings. The van der Waals surface area contributed by atoms with Crippen LogP contribution in [-0.2, 0) is 30.3 Å². The normalized spacial score (nSPS) is 12.5. The van der Waals surface area contributed by atoms with E-state index in [-0.39, 0.29) is 44.0 Å². The van der Waals surface area contributed by atoms with Crippen LogP contribution in [0.1, 0.15) is 56.8 Å². The van der Waals surface area contributed by atoms with Crippen molar-refractivity contribution in [1.82, 2.24) is 15.5 Å². The van der Waals surface area contributed by atoms with Gasteiger partial charge >= 0.3 is 12.1 Å². The summed E-state index contributed by atoms with van der Waals surface area (Å²) in [5.41, 5.74) is 0.524. The number of ether oxygens (including phenoxy) is 2. The molecule has 0 aromatic heterocycles. The highest BCUT2D eigenvalue weighted by Crippen LogP contribution is 2.27. The van der Waals surface area contributed by atoms with E-state index in [0.29, 0.717) is 16.7 Å². The summed E-state index contributed by atoms with van der Waals surface area (Å²) in [5.74, 6) is -1.84. The molecule has 230 valence electrons. The molecule has 12 nitrogen and oxygen atoms in total. The van der Waals surface area contributed by atoms with Gasteiger partial charge in [-0.3, -0.25) is 14.4 Å². The molecule has 12 heteroatoms. The monoisotopic (exact) mass is 587 g/mol. The molecule has 42 heavy (non-hydrogen) atoms. The Kier molecular flexibility index (Phi) is 12.6. The van der Waals surface area contributed by atoms with E-state index in [2.05, 4.69) is 10.6 Å². The van der Waals surface area contributed by atoms with E-state index in [0.717, 1.165) is 4.90 Å². The van der Waals surface area contributed by atoms with Crippen LogP contribution in [0.3, 0.4) is 0 Å². The quantitative estimate of drug-likeness (QED) is 0.221. The number of hydrogen-bond acceptors (Lipinski definition) is 9. The van der Waals surface area contributed by atoms with Crippen molar-refractivity contribution in [2.45, 2.75) is 65.1 Å². The maximum atomic E-state index is 14.1. The number of carbonyl (C=O) groups excluding carboxylic acids is 4. The highest BCUT2D eigenvalue weighted by Gasteiger charge is 2.36. The van der Waals surface area contributed by atoms with Crippen LogP contribution in [0.25, 0.3) is 0 Å². The lowest BCUT2D eigenvalue weighted by Crippen LogP contribution is -2.54. The predicted octanol–water partition coefficient (Wildman–Crippen LogP) is 2.47. The predicted molar refractivity (Wildman–Crippen MR) is 154 cm³/mol. The van der Waals surface area contributed by atoms with Crippen molar-refractivity contribution in [2.75, 3.05) is 26.3 Å². The largest absolute Gasteiger partial charge is 0.508 e. The molecule has 0 radical (unpaired) electrons. The van der Waals surface area contributed by atoms with Crippen molar-refractivity contribution in [3.05, 3.63) is 59.2 Å². The SMILES string of the molecule is CCOC(=O)CCNC(=O)C(c1ccc(O)c(C)c1)N(CCO)C(=O)C(Cc1ccc(O)cc1)NC(=O)OC(C)(C)C. The molecule has 2 aromatic carbocycles. The Hall–Kier alpha value is -4.32. The van der Waals surface area contributed by atoms with E-state index < -0.39 is 48.2 Å². The minimum Gasteiger partial charge on any atom is -0.508 e. The first-order valence-electron chi connectivity index (χ1n) is 13.7. The number of nitrogens with one attached hydrogen (secondary N) is 2. The maximum Gasteiger partial charge on any atom is 0.408 e. The third-order valence-electron chi connectivity index (χ3n) is 6.02. The van der Waals surface area contributed by atoms with Crippen LogP contribution >= 0.6 is 0 Å². The first kappa shape index (κ1) is 33.9. The summed E-state index contributed by atoms with van der Waals surface area (Å²) in [7, 11) is 0. The Morgan fingerprint density at radius 2 is 1.69 bits per heavy atom. The molecule has 0 fully saturated rings. The number of aliphatic hydroxyl groups is 1. The van der Waals surface area contributed by atoms with Crippen LogP contribution in [-0.4, -0.2) is 82.0 Å². The molecule has 2 atom stereocenters. The van der Waals surface area contributed by atoms with Gasteiger partial charge in [-0.2, -0.15) is 0 Å². The summed E-state index contributed by atoms with van der Waals surface area (Å²) in [5, 5.41) is 34.9. The van der Waals surface area contributed by atoms with Gasteiger partial charge in [0.2, 0.25) is 11.8 Å². The number of carbonyl (C=O) groups is 4. The van der Waals surface area contributed by atoms with Crippen LogP contribution in [0.2, 0.25) is 0 Å². The average Bonchev–Trinajstić information content (AvgIpc) is 2.90. The number of hydrogen-bond donors (Lipinski definition) is 5. The number of amides is 3. The van der Waals surface area contributed by atoms with Gasteiger partial charge in [-0.25, -0.2) is 4.79 Å². The van der Waals surface area contributed by atoms with Gasteiger partial charge in [0, 0.05) is 19.5 Å². The Bertz CT molecular complexity index is 1230. The summed E-state index contributed by atoms with van der Waals surface area (Å²) in [6, 6.07) is 7.93. The fourth-order valence-electron chi connectivity index (χ4n) is 4.13. The summed E-state index contributed by atoms with van der Waals surface area (Å²) in [6.07, 6.45) is -0.982. The number of benzene rings is 2. The van der Waals surface area contributed by atoms with E-state index in [1.165, 1.54) is 24.3 Å². The van der Waals surface area contributed by atoms with E-state index in [1.54, 1.807) is 52.8 Å². The topological polar surface area (TPSA) is 175 Å². The fraction of sp³-hybridized carbons (Fsp3) is 0.467. The number of aliphatic hydroxyl groups excluding tert-OH is 1. The zero-order valence-electron chi connectivity index (χ0n) is 24.7. The standard InChI is InChI=1S/C30H41N3O9/c1-6-41-25(37)13-14-31-27(38)26(21-9-12-24(36)19(2)17-21)33(15-16-34)28(39)23(32-29(40)42-30(3,4)5)18-20-7-10-22(35)11-8-20/h7-12,17,23,26,34-36H,6,13-16,18H2,1-5H3,(H,31,38)(H,32,40). The van der Waals surface area contributed by atoms with Crippen molar-refractivity contribution in [3.8, 4) is 11.5 Å². The van der Waals surface area contributed by atoms with Gasteiger partial charge in [-0.15, -0.1) is 0 Å². The first-order valence-corrected chi connectivity index (χ1v) is 13.7. The molecule has 0 saturated heterocycles. The lowest BCUT2D eigenvalue weighted by Gasteiger charge is -2.34. The number of phenolic OH excluding ortho intramolecular Hbond substituents is 2. The summed E-state index contributed by atoms with van der Waals surface area (Å²) in [4.78, 5) is 53.4. The smallest absolute Gasteiger partial charge is 0.408 e. The van der Waals surface area contributed by atoms with Gasteiger partial charge in [-0.05, 0) is 75.6 Å². The van der Waals surface area contributed by atoms with Crippen molar-refractivity contribution in [1.29, 1.82) is 0 Å². The minimum absolute atomic E-state index is 0.0166. The summed E-state index contributed by atoms with van der Waals surface area (Å²) in [6.45, 7) is 7.64. The third kappa shape index (κ3) is 10.6. The Labute approximate surface area is 245 Å². The number of alkyl carbamates (subject to hydrolysis) is 1. The molecule has 0 aliphatic heterocycles. The number of aromatic hydroxyl groups is 2. The highest BCUT2D eigenvalue weighted by molar-refractivity contribution is 5.92. The van der Waals surface area contributed by atoms with Crippen LogP contribution in [0.5, 0.6) is 11.5 Å². The van der Waals surface area contributed by atoms with E-state index in [1.807, 2.05) is 0 Å². The number of rotatable bonds is 13. The number of nitrogens with zero attached hydrogens (tertiary/aromatic N) is 1. The molecule has 2 rings (SSSR count).